The number of aromatic nitrogens is 2. The van der Waals surface area contributed by atoms with E-state index in [4.69, 9.17) is 25.9 Å². The molecule has 112 heavy (non-hydrogen) atoms. The summed E-state index contributed by atoms with van der Waals surface area (Å²) in [6.07, 6.45) is 7.19. The Labute approximate surface area is 693 Å². The molecule has 0 amide bonds. The first kappa shape index (κ1) is 83.5. The number of pyridine rings is 2. The zero-order valence-corrected chi connectivity index (χ0v) is 70.1. The molecular weight excluding hydrogens is 1780 g/mol. The van der Waals surface area contributed by atoms with Crippen LogP contribution < -0.4 is 46.2 Å². The van der Waals surface area contributed by atoms with Crippen molar-refractivity contribution < 1.29 is 63.4 Å². The van der Waals surface area contributed by atoms with Crippen LogP contribution in [0.2, 0.25) is 0 Å². The maximum absolute atomic E-state index is 14.9. The number of anilines is 3. The van der Waals surface area contributed by atoms with Crippen LogP contribution in [0.1, 0.15) is 58.2 Å². The van der Waals surface area contributed by atoms with Crippen LogP contribution >= 0.6 is 14.3 Å². The summed E-state index contributed by atoms with van der Waals surface area (Å²) in [6, 6.07) is 130. The zero-order valence-electron chi connectivity index (χ0n) is 64.0. The van der Waals surface area contributed by atoms with Gasteiger partial charge in [0.15, 0.2) is 14.3 Å². The van der Waals surface area contributed by atoms with Crippen LogP contribution in [0.5, 0.6) is 11.5 Å². The minimum Gasteiger partial charge on any atom is -0.540 e. The Morgan fingerprint density at radius 2 is 0.598 bits per heavy atom. The molecule has 2 heterocycles. The molecule has 0 atom stereocenters. The number of rotatable bonds is 17. The SMILES string of the molecule is COc1c[c-]c(-c2cc(-c3ccc(P(=O)(c4ccccc4)c4ccccc4)cc3)cc(-c3[c-]cc(C(C)(C)C)cc3)n2)cc1.COc1c[c-]c(-c2cc(-c3ccc(P(=O)(c4ccccc4)c4ccccc4)cc3)cc(-c3[c-]cc(C(C)(C)C)cc3)n2)cc1.[Au+3].[Au+3].[C-]#Cc1ccc(N(c2ccccc2)c2ccccc2)cc1.[CH3-]. The Balaban J connectivity index is 0.000000186. The van der Waals surface area contributed by atoms with Crippen molar-refractivity contribution in [3.05, 3.63) is 407 Å². The molecule has 0 aliphatic rings. The second kappa shape index (κ2) is 37.9. The maximum Gasteiger partial charge on any atom is 3.00 e. The third-order valence-corrected chi connectivity index (χ3v) is 25.2. The van der Waals surface area contributed by atoms with Crippen LogP contribution in [0.3, 0.4) is 0 Å². The van der Waals surface area contributed by atoms with E-state index in [0.717, 1.165) is 133 Å². The van der Waals surface area contributed by atoms with E-state index < -0.39 is 14.3 Å². The van der Waals surface area contributed by atoms with E-state index in [2.05, 4.69) is 186 Å². The molecular formula is C101H85Au2N3O4P2. The number of para-hydroxylation sites is 2. The minimum absolute atomic E-state index is 0. The molecule has 11 heteroatoms. The van der Waals surface area contributed by atoms with Gasteiger partial charge in [0.25, 0.3) is 0 Å². The van der Waals surface area contributed by atoms with E-state index in [1.807, 2.05) is 243 Å². The average Bonchev–Trinajstić information content (AvgIpc) is 0.766. The largest absolute Gasteiger partial charge is 3.00 e. The average molecular weight is 1860 g/mol. The van der Waals surface area contributed by atoms with Gasteiger partial charge in [-0.05, 0) is 80.1 Å². The summed E-state index contributed by atoms with van der Waals surface area (Å²) in [5.74, 6) is 3.89. The fraction of sp³-hybridized carbons (Fsp3) is 0.0990. The maximum atomic E-state index is 14.9. The molecule has 0 radical (unpaired) electrons. The van der Waals surface area contributed by atoms with Crippen molar-refractivity contribution in [3.63, 3.8) is 0 Å². The third-order valence-electron chi connectivity index (χ3n) is 19.1. The number of benzene rings is 13. The van der Waals surface area contributed by atoms with E-state index in [1.165, 1.54) is 11.1 Å². The second-order valence-electron chi connectivity index (χ2n) is 28.4. The number of ether oxygens (including phenoxy) is 2. The van der Waals surface area contributed by atoms with E-state index >= 15 is 0 Å². The van der Waals surface area contributed by atoms with Gasteiger partial charge in [0.2, 0.25) is 0 Å². The fourth-order valence-corrected chi connectivity index (χ4v) is 18.2. The molecule has 560 valence electrons. The van der Waals surface area contributed by atoms with Crippen molar-refractivity contribution >= 4 is 63.2 Å². The van der Waals surface area contributed by atoms with Gasteiger partial charge in [-0.3, -0.25) is 5.92 Å². The van der Waals surface area contributed by atoms with Gasteiger partial charge in [-0.25, -0.2) is 0 Å². The summed E-state index contributed by atoms with van der Waals surface area (Å²) in [4.78, 5) is 12.3. The number of methoxy groups -OCH3 is 2. The van der Waals surface area contributed by atoms with Crippen LogP contribution in [0.25, 0.3) is 67.3 Å². The third kappa shape index (κ3) is 19.5. The van der Waals surface area contributed by atoms with Gasteiger partial charge in [0.1, 0.15) is 0 Å². The van der Waals surface area contributed by atoms with Crippen LogP contribution in [0.4, 0.5) is 17.1 Å². The van der Waals surface area contributed by atoms with Crippen molar-refractivity contribution in [2.45, 2.75) is 52.4 Å². The first-order chi connectivity index (χ1) is 52.9. The van der Waals surface area contributed by atoms with Crippen LogP contribution in [-0.2, 0) is 64.7 Å². The molecule has 0 N–H and O–H groups in total. The van der Waals surface area contributed by atoms with Gasteiger partial charge in [-0.2, -0.15) is 0 Å². The molecule has 0 aliphatic carbocycles. The monoisotopic (exact) mass is 1860 g/mol. The van der Waals surface area contributed by atoms with Gasteiger partial charge in [-0.15, -0.1) is 148 Å². The Morgan fingerprint density at radius 3 is 0.848 bits per heavy atom. The molecule has 0 aliphatic heterocycles. The Kier molecular flexibility index (Phi) is 28.2. The fourth-order valence-electron chi connectivity index (χ4n) is 12.9. The van der Waals surface area contributed by atoms with E-state index in [0.29, 0.717) is 0 Å². The molecule has 0 bridgehead atoms. The van der Waals surface area contributed by atoms with Crippen molar-refractivity contribution in [2.24, 2.45) is 0 Å². The van der Waals surface area contributed by atoms with Gasteiger partial charge < -0.3 is 47.3 Å². The molecule has 0 fully saturated rings. The molecule has 0 spiro atoms. The van der Waals surface area contributed by atoms with Gasteiger partial charge in [0, 0.05) is 60.4 Å². The summed E-state index contributed by atoms with van der Waals surface area (Å²) in [5, 5.41) is 4.85. The Hall–Kier alpha value is -10.9. The normalized spacial score (nSPS) is 11.1. The van der Waals surface area contributed by atoms with E-state index in [-0.39, 0.29) is 63.0 Å². The predicted octanol–water partition coefficient (Wildman–Crippen LogP) is 22.8. The van der Waals surface area contributed by atoms with E-state index in [9.17, 15) is 9.13 Å². The topological polar surface area (TPSA) is 81.6 Å². The molecule has 7 nitrogen and oxygen atoms in total. The first-order valence-corrected chi connectivity index (χ1v) is 39.6. The standard InChI is InChI=1S/2C40H34NO2P.C20H14N.CH3.2Au/c2*1-40(2,3)33-21-15-30(16-22-33)38-27-32(28-39(41-38)31-17-23-34(43-4)24-18-31)29-19-25-37(26-20-29)44(42,35-11-7-5-8-12-35)36-13-9-6-10-14-36;1-2-17-13-15-20(16-14-17)21(18-9-5-3-6-10-18)19-11-7-4-8-12-19;;;/h2*5-15,17,19-28H,1-4H3;3-16H;1H3;;/q2*-2;2*-1;2*+3. The summed E-state index contributed by atoms with van der Waals surface area (Å²) < 4.78 is 40.4. The summed E-state index contributed by atoms with van der Waals surface area (Å²) in [7, 11) is -2.83. The molecule has 15 rings (SSSR count). The van der Waals surface area contributed by atoms with Crippen molar-refractivity contribution in [3.8, 4) is 84.7 Å². The second-order valence-corrected chi connectivity index (χ2v) is 33.9. The van der Waals surface area contributed by atoms with Gasteiger partial charge in [0.05, 0.1) is 14.2 Å². The molecule has 0 saturated carbocycles. The quantitative estimate of drug-likeness (QED) is 0.0389. The summed E-state index contributed by atoms with van der Waals surface area (Å²) in [6.45, 7) is 13.2. The first-order valence-electron chi connectivity index (χ1n) is 36.2. The van der Waals surface area contributed by atoms with Crippen molar-refractivity contribution in [1.29, 1.82) is 0 Å². The zero-order chi connectivity index (χ0) is 76.0. The molecule has 2 aromatic heterocycles. The van der Waals surface area contributed by atoms with Crippen LogP contribution in [-0.4, -0.2) is 24.2 Å². The van der Waals surface area contributed by atoms with Gasteiger partial charge >= 0.3 is 44.8 Å². The summed E-state index contributed by atoms with van der Waals surface area (Å²) in [5.41, 5.74) is 17.4. The smallest absolute Gasteiger partial charge is 0.540 e. The molecule has 0 saturated heterocycles. The number of nitrogens with zero attached hydrogens (tertiary/aromatic N) is 3. The Bertz CT molecular complexity index is 5240. The Morgan fingerprint density at radius 1 is 0.330 bits per heavy atom. The van der Waals surface area contributed by atoms with Crippen molar-refractivity contribution in [1.82, 2.24) is 9.97 Å². The van der Waals surface area contributed by atoms with Crippen LogP contribution in [0, 0.1) is 44.0 Å². The molecule has 15 aromatic rings. The molecule has 13 aromatic carbocycles. The summed E-state index contributed by atoms with van der Waals surface area (Å²) >= 11 is 0. The van der Waals surface area contributed by atoms with E-state index in [1.54, 1.807) is 14.2 Å². The minimum atomic E-state index is -3.06. The molecule has 0 unspecified atom stereocenters. The number of hydrogen-bond acceptors (Lipinski definition) is 7. The van der Waals surface area contributed by atoms with Crippen molar-refractivity contribution in [2.75, 3.05) is 19.1 Å². The predicted molar refractivity (Wildman–Crippen MR) is 459 cm³/mol. The van der Waals surface area contributed by atoms with Crippen LogP contribution in [0.15, 0.2) is 352 Å². The van der Waals surface area contributed by atoms with Gasteiger partial charge in [-0.1, -0.05) is 284 Å². The number of hydrogen-bond donors (Lipinski definition) is 0.